The van der Waals surface area contributed by atoms with Gasteiger partial charge < -0.3 is 14.8 Å². The summed E-state index contributed by atoms with van der Waals surface area (Å²) in [6.07, 6.45) is -0.649. The van der Waals surface area contributed by atoms with E-state index >= 15 is 0 Å². The Morgan fingerprint density at radius 2 is 1.43 bits per heavy atom. The predicted molar refractivity (Wildman–Crippen MR) is 149 cm³/mol. The van der Waals surface area contributed by atoms with Crippen molar-refractivity contribution < 1.29 is 23.9 Å². The standard InChI is InChI=1S/C30H33NO5S/c1-20(32)25-8-6-7-9-26(25)24-16-14-23(15-17-24)22-12-10-21(11-13-22)18-37-19-27(28(33)35-5)31-29(34)36-30(2,3)4/h6-17,27H,18-19H2,1-5H3,(H,31,34). The minimum atomic E-state index is -0.796. The van der Waals surface area contributed by atoms with Gasteiger partial charge >= 0.3 is 12.1 Å². The van der Waals surface area contributed by atoms with Crippen LogP contribution in [0.2, 0.25) is 0 Å². The summed E-state index contributed by atoms with van der Waals surface area (Å²) >= 11 is 1.52. The van der Waals surface area contributed by atoms with E-state index in [0.29, 0.717) is 17.1 Å². The molecule has 0 aliphatic rings. The number of nitrogens with one attached hydrogen (secondary N) is 1. The summed E-state index contributed by atoms with van der Waals surface area (Å²) in [6.45, 7) is 6.88. The summed E-state index contributed by atoms with van der Waals surface area (Å²) in [5.74, 6) is 0.566. The Labute approximate surface area is 222 Å². The maximum Gasteiger partial charge on any atom is 0.408 e. The van der Waals surface area contributed by atoms with E-state index in [-0.39, 0.29) is 5.78 Å². The van der Waals surface area contributed by atoms with Gasteiger partial charge in [0, 0.05) is 17.1 Å². The van der Waals surface area contributed by atoms with Crippen molar-refractivity contribution in [3.05, 3.63) is 83.9 Å². The zero-order valence-electron chi connectivity index (χ0n) is 21.9. The number of benzene rings is 3. The molecule has 0 aromatic heterocycles. The average molecular weight is 520 g/mol. The third-order valence-corrected chi connectivity index (χ3v) is 6.63. The third-order valence-electron chi connectivity index (χ3n) is 5.52. The number of carbonyl (C=O) groups is 3. The lowest BCUT2D eigenvalue weighted by Crippen LogP contribution is -2.45. The fourth-order valence-electron chi connectivity index (χ4n) is 3.73. The Balaban J connectivity index is 1.60. The van der Waals surface area contributed by atoms with Crippen LogP contribution in [-0.4, -0.2) is 42.4 Å². The number of ether oxygens (including phenoxy) is 2. The number of ketones is 1. The van der Waals surface area contributed by atoms with E-state index in [0.717, 1.165) is 27.8 Å². The summed E-state index contributed by atoms with van der Waals surface area (Å²) in [5.41, 5.74) is 5.26. The topological polar surface area (TPSA) is 81.7 Å². The molecule has 3 aromatic rings. The van der Waals surface area contributed by atoms with Gasteiger partial charge in [-0.1, -0.05) is 72.8 Å². The van der Waals surface area contributed by atoms with E-state index in [2.05, 4.69) is 41.7 Å². The molecule has 0 saturated heterocycles. The zero-order chi connectivity index (χ0) is 27.0. The van der Waals surface area contributed by atoms with Gasteiger partial charge in [0.1, 0.15) is 11.6 Å². The highest BCUT2D eigenvalue weighted by Gasteiger charge is 2.25. The largest absolute Gasteiger partial charge is 0.467 e. The quantitative estimate of drug-likeness (QED) is 0.256. The molecule has 0 bridgehead atoms. The number of Topliss-reactive ketones (excluding diaryl/α,β-unsaturated/α-hetero) is 1. The zero-order valence-corrected chi connectivity index (χ0v) is 22.7. The lowest BCUT2D eigenvalue weighted by Gasteiger charge is -2.22. The molecule has 6 nitrogen and oxygen atoms in total. The molecular weight excluding hydrogens is 486 g/mol. The Hall–Kier alpha value is -3.58. The Kier molecular flexibility index (Phi) is 9.53. The highest BCUT2D eigenvalue weighted by molar-refractivity contribution is 7.98. The summed E-state index contributed by atoms with van der Waals surface area (Å²) in [7, 11) is 1.30. The van der Waals surface area contributed by atoms with Gasteiger partial charge in [-0.25, -0.2) is 9.59 Å². The fraction of sp³-hybridized carbons (Fsp3) is 0.300. The van der Waals surface area contributed by atoms with Crippen LogP contribution in [0.5, 0.6) is 0 Å². The van der Waals surface area contributed by atoms with E-state index in [1.54, 1.807) is 27.7 Å². The van der Waals surface area contributed by atoms with Crippen molar-refractivity contribution in [1.29, 1.82) is 0 Å². The molecule has 3 rings (SSSR count). The first-order valence-electron chi connectivity index (χ1n) is 12.0. The lowest BCUT2D eigenvalue weighted by molar-refractivity contribution is -0.142. The molecular formula is C30H33NO5S. The molecule has 0 saturated carbocycles. The van der Waals surface area contributed by atoms with Crippen LogP contribution < -0.4 is 5.32 Å². The van der Waals surface area contributed by atoms with E-state index in [9.17, 15) is 14.4 Å². The molecule has 0 heterocycles. The van der Waals surface area contributed by atoms with Crippen molar-refractivity contribution in [2.24, 2.45) is 0 Å². The smallest absolute Gasteiger partial charge is 0.408 e. The number of carbonyl (C=O) groups excluding carboxylic acids is 3. The molecule has 37 heavy (non-hydrogen) atoms. The first-order chi connectivity index (χ1) is 17.6. The second kappa shape index (κ2) is 12.6. The number of alkyl carbamates (subject to hydrolysis) is 1. The lowest BCUT2D eigenvalue weighted by atomic mass is 9.95. The second-order valence-corrected chi connectivity index (χ2v) is 10.6. The average Bonchev–Trinajstić information content (AvgIpc) is 2.87. The monoisotopic (exact) mass is 519 g/mol. The number of hydrogen-bond acceptors (Lipinski definition) is 6. The molecule has 1 N–H and O–H groups in total. The third kappa shape index (κ3) is 8.22. The van der Waals surface area contributed by atoms with Crippen molar-refractivity contribution in [2.45, 2.75) is 45.1 Å². The molecule has 1 unspecified atom stereocenters. The number of hydrogen-bond donors (Lipinski definition) is 1. The van der Waals surface area contributed by atoms with Crippen LogP contribution in [0.4, 0.5) is 4.79 Å². The molecule has 0 fully saturated rings. The highest BCUT2D eigenvalue weighted by Crippen LogP contribution is 2.28. The van der Waals surface area contributed by atoms with Gasteiger partial charge in [0.15, 0.2) is 5.78 Å². The number of methoxy groups -OCH3 is 1. The van der Waals surface area contributed by atoms with Gasteiger partial charge in [0.2, 0.25) is 0 Å². The van der Waals surface area contributed by atoms with Crippen molar-refractivity contribution in [2.75, 3.05) is 12.9 Å². The van der Waals surface area contributed by atoms with Crippen molar-refractivity contribution >= 4 is 29.6 Å². The number of amides is 1. The Morgan fingerprint density at radius 3 is 2.00 bits per heavy atom. The van der Waals surface area contributed by atoms with Crippen LogP contribution >= 0.6 is 11.8 Å². The van der Waals surface area contributed by atoms with Crippen LogP contribution in [0.25, 0.3) is 22.3 Å². The maximum atomic E-state index is 12.1. The molecule has 0 radical (unpaired) electrons. The number of thioether (sulfide) groups is 1. The normalized spacial score (nSPS) is 11.9. The van der Waals surface area contributed by atoms with Gasteiger partial charge in [-0.3, -0.25) is 4.79 Å². The molecule has 3 aromatic carbocycles. The molecule has 0 aliphatic heterocycles. The van der Waals surface area contributed by atoms with Crippen LogP contribution in [-0.2, 0) is 20.0 Å². The fourth-order valence-corrected chi connectivity index (χ4v) is 4.73. The van der Waals surface area contributed by atoms with Crippen molar-refractivity contribution in [3.8, 4) is 22.3 Å². The summed E-state index contributed by atoms with van der Waals surface area (Å²) in [4.78, 5) is 36.1. The Morgan fingerprint density at radius 1 is 0.865 bits per heavy atom. The van der Waals surface area contributed by atoms with Gasteiger partial charge in [0.05, 0.1) is 7.11 Å². The molecule has 7 heteroatoms. The molecule has 0 spiro atoms. The number of esters is 1. The van der Waals surface area contributed by atoms with E-state index in [1.165, 1.54) is 18.9 Å². The molecule has 1 amide bonds. The first kappa shape index (κ1) is 28.0. The summed E-state index contributed by atoms with van der Waals surface area (Å²) < 4.78 is 10.1. The highest BCUT2D eigenvalue weighted by atomic mass is 32.2. The van der Waals surface area contributed by atoms with Gasteiger partial charge in [0.25, 0.3) is 0 Å². The second-order valence-electron chi connectivity index (χ2n) is 9.61. The summed E-state index contributed by atoms with van der Waals surface area (Å²) in [6, 6.07) is 23.2. The van der Waals surface area contributed by atoms with E-state index in [4.69, 9.17) is 9.47 Å². The molecule has 0 aliphatic carbocycles. The van der Waals surface area contributed by atoms with Gasteiger partial charge in [-0.15, -0.1) is 0 Å². The van der Waals surface area contributed by atoms with E-state index in [1.807, 2.05) is 36.4 Å². The van der Waals surface area contributed by atoms with Crippen molar-refractivity contribution in [1.82, 2.24) is 5.32 Å². The van der Waals surface area contributed by atoms with Crippen LogP contribution in [0.3, 0.4) is 0 Å². The molecule has 194 valence electrons. The SMILES string of the molecule is COC(=O)C(CSCc1ccc(-c2ccc(-c3ccccc3C(C)=O)cc2)cc1)NC(=O)OC(C)(C)C. The van der Waals surface area contributed by atoms with Gasteiger partial charge in [-0.05, 0) is 55.5 Å². The van der Waals surface area contributed by atoms with E-state index < -0.39 is 23.7 Å². The van der Waals surface area contributed by atoms with Crippen LogP contribution in [0.15, 0.2) is 72.8 Å². The number of rotatable bonds is 9. The first-order valence-corrected chi connectivity index (χ1v) is 13.2. The minimum Gasteiger partial charge on any atom is -0.467 e. The minimum absolute atomic E-state index is 0.0478. The molecule has 1 atom stereocenters. The van der Waals surface area contributed by atoms with Crippen LogP contribution in [0.1, 0.15) is 43.6 Å². The summed E-state index contributed by atoms with van der Waals surface area (Å²) in [5, 5.41) is 2.59. The maximum absolute atomic E-state index is 12.1. The van der Waals surface area contributed by atoms with Crippen LogP contribution in [0, 0.1) is 0 Å². The predicted octanol–water partition coefficient (Wildman–Crippen LogP) is 6.52. The van der Waals surface area contributed by atoms with Gasteiger partial charge in [-0.2, -0.15) is 11.8 Å². The Bertz CT molecular complexity index is 1230. The van der Waals surface area contributed by atoms with Crippen molar-refractivity contribution in [3.63, 3.8) is 0 Å².